The lowest BCUT2D eigenvalue weighted by Gasteiger charge is -2.05. The van der Waals surface area contributed by atoms with E-state index in [-0.39, 0.29) is 5.91 Å². The van der Waals surface area contributed by atoms with Gasteiger partial charge < -0.3 is 15.6 Å². The third-order valence-electron chi connectivity index (χ3n) is 3.29. The van der Waals surface area contributed by atoms with Crippen molar-refractivity contribution >= 4 is 16.8 Å². The number of para-hydroxylation sites is 1. The van der Waals surface area contributed by atoms with Gasteiger partial charge in [0.15, 0.2) is 0 Å². The topological polar surface area (TPSA) is 56.9 Å². The van der Waals surface area contributed by atoms with Crippen LogP contribution >= 0.6 is 0 Å². The zero-order valence-electron chi connectivity index (χ0n) is 11.5. The molecule has 0 saturated heterocycles. The number of hydrogen-bond donors (Lipinski definition) is 3. The summed E-state index contributed by atoms with van der Waals surface area (Å²) in [5, 5.41) is 7.03. The summed E-state index contributed by atoms with van der Waals surface area (Å²) in [6.07, 6.45) is 1.94. The van der Waals surface area contributed by atoms with Gasteiger partial charge in [-0.2, -0.15) is 0 Å². The maximum Gasteiger partial charge on any atom is 0.233 e. The molecule has 2 rings (SSSR count). The van der Waals surface area contributed by atoms with Crippen molar-refractivity contribution in [1.29, 1.82) is 0 Å². The molecule has 2 aromatic rings. The van der Waals surface area contributed by atoms with E-state index in [1.54, 1.807) is 7.05 Å². The van der Waals surface area contributed by atoms with Crippen LogP contribution in [0.3, 0.4) is 0 Å². The maximum atomic E-state index is 11.3. The highest BCUT2D eigenvalue weighted by molar-refractivity contribution is 5.84. The first-order valence-electron chi connectivity index (χ1n) is 6.70. The minimum Gasteiger partial charge on any atom is -0.358 e. The quantitative estimate of drug-likeness (QED) is 0.692. The van der Waals surface area contributed by atoms with Gasteiger partial charge in [0.05, 0.1) is 6.54 Å². The molecule has 102 valence electrons. The number of aromatic nitrogens is 1. The second-order valence-corrected chi connectivity index (χ2v) is 4.76. The zero-order chi connectivity index (χ0) is 13.7. The highest BCUT2D eigenvalue weighted by atomic mass is 16.1. The van der Waals surface area contributed by atoms with Gasteiger partial charge in [0.1, 0.15) is 0 Å². The first kappa shape index (κ1) is 13.6. The van der Waals surface area contributed by atoms with Crippen LogP contribution in [0.4, 0.5) is 0 Å². The number of likely N-dealkylation sites (N-methyl/N-ethyl adjacent to an activating group) is 1. The monoisotopic (exact) mass is 259 g/mol. The van der Waals surface area contributed by atoms with E-state index in [1.807, 2.05) is 6.07 Å². The molecule has 0 radical (unpaired) electrons. The van der Waals surface area contributed by atoms with Crippen molar-refractivity contribution in [2.24, 2.45) is 0 Å². The van der Waals surface area contributed by atoms with Crippen LogP contribution in [0.1, 0.15) is 17.7 Å². The third-order valence-corrected chi connectivity index (χ3v) is 3.29. The second-order valence-electron chi connectivity index (χ2n) is 4.76. The highest BCUT2D eigenvalue weighted by Gasteiger charge is 2.07. The van der Waals surface area contributed by atoms with Crippen molar-refractivity contribution in [2.45, 2.75) is 19.8 Å². The lowest BCUT2D eigenvalue weighted by atomic mass is 10.1. The van der Waals surface area contributed by atoms with Gasteiger partial charge in [-0.3, -0.25) is 4.79 Å². The Bertz CT molecular complexity index is 560. The van der Waals surface area contributed by atoms with Gasteiger partial charge in [0.25, 0.3) is 0 Å². The summed E-state index contributed by atoms with van der Waals surface area (Å²) in [6.45, 7) is 3.21. The molecule has 4 nitrogen and oxygen atoms in total. The van der Waals surface area contributed by atoms with Crippen LogP contribution < -0.4 is 10.6 Å². The van der Waals surface area contributed by atoms with E-state index in [0.717, 1.165) is 19.4 Å². The summed E-state index contributed by atoms with van der Waals surface area (Å²) < 4.78 is 0. The van der Waals surface area contributed by atoms with Gasteiger partial charge in [0.2, 0.25) is 5.91 Å². The first-order valence-corrected chi connectivity index (χ1v) is 6.70. The number of carbonyl (C=O) groups is 1. The van der Waals surface area contributed by atoms with E-state index < -0.39 is 0 Å². The Morgan fingerprint density at radius 3 is 2.89 bits per heavy atom. The van der Waals surface area contributed by atoms with Crippen LogP contribution in [0.25, 0.3) is 10.9 Å². The molecular formula is C15H21N3O. The third kappa shape index (κ3) is 3.35. The van der Waals surface area contributed by atoms with Gasteiger partial charge in [0, 0.05) is 23.1 Å². The van der Waals surface area contributed by atoms with Gasteiger partial charge in [-0.15, -0.1) is 0 Å². The van der Waals surface area contributed by atoms with Crippen LogP contribution in [-0.4, -0.2) is 31.0 Å². The maximum absolute atomic E-state index is 11.3. The van der Waals surface area contributed by atoms with Crippen molar-refractivity contribution < 1.29 is 4.79 Å². The second kappa shape index (κ2) is 6.38. The van der Waals surface area contributed by atoms with Crippen molar-refractivity contribution in [3.8, 4) is 0 Å². The van der Waals surface area contributed by atoms with Crippen LogP contribution in [0.5, 0.6) is 0 Å². The van der Waals surface area contributed by atoms with E-state index >= 15 is 0 Å². The predicted molar refractivity (Wildman–Crippen MR) is 78.3 cm³/mol. The van der Waals surface area contributed by atoms with E-state index in [4.69, 9.17) is 0 Å². The van der Waals surface area contributed by atoms with Crippen molar-refractivity contribution in [1.82, 2.24) is 15.6 Å². The molecule has 1 amide bonds. The molecule has 0 fully saturated rings. The minimum absolute atomic E-state index is 0.0538. The van der Waals surface area contributed by atoms with E-state index in [2.05, 4.69) is 40.7 Å². The molecule has 0 aliphatic carbocycles. The molecule has 0 aliphatic heterocycles. The number of aromatic amines is 1. The summed E-state index contributed by atoms with van der Waals surface area (Å²) in [5.74, 6) is 0.0538. The summed E-state index contributed by atoms with van der Waals surface area (Å²) >= 11 is 0. The van der Waals surface area contributed by atoms with Crippen molar-refractivity contribution in [3.63, 3.8) is 0 Å². The largest absolute Gasteiger partial charge is 0.358 e. The number of H-pyrrole nitrogens is 1. The van der Waals surface area contributed by atoms with Crippen LogP contribution in [0, 0.1) is 6.92 Å². The number of carbonyl (C=O) groups excluding carboxylic acids is 1. The molecule has 0 spiro atoms. The Morgan fingerprint density at radius 2 is 2.11 bits per heavy atom. The summed E-state index contributed by atoms with van der Waals surface area (Å²) in [7, 11) is 1.77. The Hall–Kier alpha value is -1.81. The smallest absolute Gasteiger partial charge is 0.233 e. The Morgan fingerprint density at radius 1 is 1.32 bits per heavy atom. The SMILES string of the molecule is CNCC(=O)NCCCc1c(C)[nH]c2ccccc12. The molecule has 19 heavy (non-hydrogen) atoms. The summed E-state index contributed by atoms with van der Waals surface area (Å²) in [6, 6.07) is 8.35. The molecule has 1 heterocycles. The summed E-state index contributed by atoms with van der Waals surface area (Å²) in [4.78, 5) is 14.7. The molecule has 0 atom stereocenters. The van der Waals surface area contributed by atoms with E-state index in [9.17, 15) is 4.79 Å². The standard InChI is InChI=1S/C15H21N3O/c1-11-12(7-5-9-17-15(19)10-16-2)13-6-3-4-8-14(13)18-11/h3-4,6,8,16,18H,5,7,9-10H2,1-2H3,(H,17,19). The summed E-state index contributed by atoms with van der Waals surface area (Å²) in [5.41, 5.74) is 3.77. The zero-order valence-corrected chi connectivity index (χ0v) is 11.5. The lowest BCUT2D eigenvalue weighted by molar-refractivity contribution is -0.120. The molecule has 0 bridgehead atoms. The first-order chi connectivity index (χ1) is 9.22. The van der Waals surface area contributed by atoms with Crippen molar-refractivity contribution in [3.05, 3.63) is 35.5 Å². The van der Waals surface area contributed by atoms with Crippen LogP contribution in [0.2, 0.25) is 0 Å². The molecule has 0 aliphatic rings. The molecule has 1 aromatic carbocycles. The Kier molecular flexibility index (Phi) is 4.58. The fourth-order valence-corrected chi connectivity index (χ4v) is 2.37. The molecule has 1 aromatic heterocycles. The number of amides is 1. The normalized spacial score (nSPS) is 10.8. The van der Waals surface area contributed by atoms with Gasteiger partial charge >= 0.3 is 0 Å². The number of benzene rings is 1. The van der Waals surface area contributed by atoms with E-state index in [1.165, 1.54) is 22.2 Å². The average Bonchev–Trinajstić information content (AvgIpc) is 2.71. The van der Waals surface area contributed by atoms with Crippen molar-refractivity contribution in [2.75, 3.05) is 20.1 Å². The van der Waals surface area contributed by atoms with Gasteiger partial charge in [-0.05, 0) is 38.4 Å². The number of hydrogen-bond acceptors (Lipinski definition) is 2. The Labute approximate surface area is 113 Å². The number of aryl methyl sites for hydroxylation is 2. The number of rotatable bonds is 6. The fraction of sp³-hybridized carbons (Fsp3) is 0.400. The number of nitrogens with one attached hydrogen (secondary N) is 3. The molecule has 0 saturated carbocycles. The Balaban J connectivity index is 1.91. The van der Waals surface area contributed by atoms with E-state index in [0.29, 0.717) is 6.54 Å². The molecule has 3 N–H and O–H groups in total. The predicted octanol–water partition coefficient (Wildman–Crippen LogP) is 1.74. The molecule has 4 heteroatoms. The lowest BCUT2D eigenvalue weighted by Crippen LogP contribution is -2.32. The van der Waals surface area contributed by atoms with Crippen LogP contribution in [-0.2, 0) is 11.2 Å². The fourth-order valence-electron chi connectivity index (χ4n) is 2.37. The molecule has 0 unspecified atom stereocenters. The van der Waals surface area contributed by atoms with Gasteiger partial charge in [-0.1, -0.05) is 18.2 Å². The van der Waals surface area contributed by atoms with Crippen LogP contribution in [0.15, 0.2) is 24.3 Å². The average molecular weight is 259 g/mol. The minimum atomic E-state index is 0.0538. The van der Waals surface area contributed by atoms with Gasteiger partial charge in [-0.25, -0.2) is 0 Å². The highest BCUT2D eigenvalue weighted by Crippen LogP contribution is 2.22. The number of fused-ring (bicyclic) bond motifs is 1. The molecular weight excluding hydrogens is 238 g/mol.